The topological polar surface area (TPSA) is 126 Å². The van der Waals surface area contributed by atoms with Crippen LogP contribution < -0.4 is 9.47 Å². The third kappa shape index (κ3) is 7.06. The van der Waals surface area contributed by atoms with Gasteiger partial charge in [0.15, 0.2) is 0 Å². The first-order valence-corrected chi connectivity index (χ1v) is 20.3. The van der Waals surface area contributed by atoms with E-state index >= 15 is 0 Å². The molecule has 0 aromatic heterocycles. The van der Waals surface area contributed by atoms with Gasteiger partial charge in [0.1, 0.15) is 22.9 Å². The normalized spacial score (nSPS) is 30.8. The van der Waals surface area contributed by atoms with E-state index in [2.05, 4.69) is 13.8 Å². The highest BCUT2D eigenvalue weighted by molar-refractivity contribution is 5.87. The molecule has 4 fully saturated rings. The van der Waals surface area contributed by atoms with Crippen LogP contribution in [0.15, 0.2) is 78.9 Å². The minimum absolute atomic E-state index is 0.161. The van der Waals surface area contributed by atoms with Gasteiger partial charge in [-0.1, -0.05) is 68.4 Å². The van der Waals surface area contributed by atoms with Crippen LogP contribution in [0.1, 0.15) is 94.7 Å². The van der Waals surface area contributed by atoms with Crippen molar-refractivity contribution in [3.63, 3.8) is 0 Å². The Kier molecular flexibility index (Phi) is 11.4. The zero-order valence-electron chi connectivity index (χ0n) is 32.9. The molecular weight excluding hydrogens is 695 g/mol. The zero-order valence-corrected chi connectivity index (χ0v) is 32.9. The molecule has 4 aliphatic rings. The van der Waals surface area contributed by atoms with Crippen molar-refractivity contribution in [1.29, 1.82) is 0 Å². The van der Waals surface area contributed by atoms with Gasteiger partial charge in [0.2, 0.25) is 0 Å². The Morgan fingerprint density at radius 3 is 2.05 bits per heavy atom. The number of carbonyl (C=O) groups excluding carboxylic acids is 1. The Morgan fingerprint density at radius 2 is 1.45 bits per heavy atom. The molecule has 4 saturated carbocycles. The van der Waals surface area contributed by atoms with E-state index < -0.39 is 23.9 Å². The van der Waals surface area contributed by atoms with Gasteiger partial charge in [0.25, 0.3) is 0 Å². The summed E-state index contributed by atoms with van der Waals surface area (Å²) in [5.74, 6) is 3.11. The summed E-state index contributed by atoms with van der Waals surface area (Å²) in [5.41, 5.74) is 1.12. The second-order valence-electron chi connectivity index (χ2n) is 17.1. The van der Waals surface area contributed by atoms with Crippen molar-refractivity contribution in [2.45, 2.75) is 102 Å². The minimum Gasteiger partial charge on any atom is -0.497 e. The highest BCUT2D eigenvalue weighted by atomic mass is 16.5. The Hall–Kier alpha value is -3.92. The molecule has 3 aromatic rings. The molecule has 3 aromatic carbocycles. The highest BCUT2D eigenvalue weighted by Crippen LogP contribution is 2.66. The number of carboxylic acid groups (broad SMARTS) is 1. The van der Waals surface area contributed by atoms with Crippen molar-refractivity contribution in [2.75, 3.05) is 27.4 Å². The number of fused-ring (bicyclic) bond motifs is 5. The fourth-order valence-corrected chi connectivity index (χ4v) is 11.8. The van der Waals surface area contributed by atoms with Crippen LogP contribution >= 0.6 is 0 Å². The average Bonchev–Trinajstić information content (AvgIpc) is 3.51. The molecule has 296 valence electrons. The number of carbonyl (C=O) groups is 2. The van der Waals surface area contributed by atoms with E-state index in [1.807, 2.05) is 78.9 Å². The van der Waals surface area contributed by atoms with E-state index in [-0.39, 0.29) is 42.4 Å². The van der Waals surface area contributed by atoms with Crippen LogP contribution in [0.4, 0.5) is 4.79 Å². The van der Waals surface area contributed by atoms with Crippen LogP contribution in [-0.4, -0.2) is 77.7 Å². The summed E-state index contributed by atoms with van der Waals surface area (Å²) in [6.45, 7) is 4.82. The van der Waals surface area contributed by atoms with Gasteiger partial charge >= 0.3 is 6.09 Å². The largest absolute Gasteiger partial charge is 0.497 e. The number of benzene rings is 3. The molecule has 0 heterocycles. The van der Waals surface area contributed by atoms with E-state index in [1.165, 1.54) is 0 Å². The predicted octanol–water partition coefficient (Wildman–Crippen LogP) is 8.08. The van der Waals surface area contributed by atoms with E-state index in [9.17, 15) is 24.9 Å². The monoisotopic (exact) mass is 753 g/mol. The van der Waals surface area contributed by atoms with E-state index in [1.54, 1.807) is 19.1 Å². The molecule has 55 heavy (non-hydrogen) atoms. The Bertz CT molecular complexity index is 1730. The van der Waals surface area contributed by atoms with Crippen LogP contribution in [0.5, 0.6) is 11.5 Å². The van der Waals surface area contributed by atoms with Crippen molar-refractivity contribution in [3.05, 3.63) is 95.6 Å². The third-order valence-electron chi connectivity index (χ3n) is 14.7. The van der Waals surface area contributed by atoms with Crippen LogP contribution in [0.3, 0.4) is 0 Å². The Balaban J connectivity index is 1.10. The maximum absolute atomic E-state index is 13.2. The van der Waals surface area contributed by atoms with E-state index in [0.29, 0.717) is 49.2 Å². The summed E-state index contributed by atoms with van der Waals surface area (Å²) in [6.07, 6.45) is 4.59. The van der Waals surface area contributed by atoms with Gasteiger partial charge in [-0.25, -0.2) is 4.79 Å². The molecule has 0 aliphatic heterocycles. The van der Waals surface area contributed by atoms with E-state index in [4.69, 9.17) is 14.2 Å². The molecule has 3 N–H and O–H groups in total. The summed E-state index contributed by atoms with van der Waals surface area (Å²) < 4.78 is 17.9. The Labute approximate surface area is 326 Å². The SMILES string of the molecule is COc1ccc(C(OCCC(O)CCN(C(=O)O)C2C[C@@H](O)CC3CCC4C(CC[C@]5(C)C(=O)CCC45)[C@]32C)(c2ccccc2)c2ccc(OC)cc2)cc1. The second-order valence-corrected chi connectivity index (χ2v) is 17.1. The first kappa shape index (κ1) is 39.3. The van der Waals surface area contributed by atoms with Gasteiger partial charge < -0.3 is 34.4 Å². The molecule has 0 bridgehead atoms. The number of Topliss-reactive ketones (excluding diaryl/α,β-unsaturated/α-hetero) is 1. The lowest BCUT2D eigenvalue weighted by Crippen LogP contribution is -2.64. The number of amides is 1. The smallest absolute Gasteiger partial charge is 0.407 e. The van der Waals surface area contributed by atoms with Crippen molar-refractivity contribution in [3.8, 4) is 11.5 Å². The van der Waals surface area contributed by atoms with Gasteiger partial charge in [-0.3, -0.25) is 4.79 Å². The van der Waals surface area contributed by atoms with Gasteiger partial charge in [0.05, 0.1) is 33.0 Å². The number of methoxy groups -OCH3 is 2. The molecular formula is C46H59NO8. The molecule has 9 nitrogen and oxygen atoms in total. The second kappa shape index (κ2) is 15.9. The molecule has 1 amide bonds. The summed E-state index contributed by atoms with van der Waals surface area (Å²) in [5, 5.41) is 33.4. The fraction of sp³-hybridized carbons (Fsp3) is 0.565. The number of ketones is 1. The standard InChI is InChI=1S/C46H59NO8/c1-44-25-22-40-38(39(44)20-21-42(44)50)19-14-33-28-35(49)29-41(45(33,40)2)47(43(51)52)26-23-34(48)24-27-55-46(30-8-6-5-7-9-30,31-10-15-36(53-3)16-11-31)32-12-17-37(54-4)18-13-32/h5-13,15-18,33-35,38-41,48-49H,14,19-29H2,1-4H3,(H,51,52)/t33?,34?,35-,38?,39?,40?,41?,44-,45-/m0/s1. The quantitative estimate of drug-likeness (QED) is 0.150. The molecule has 9 heteroatoms. The zero-order chi connectivity index (χ0) is 39.0. The first-order chi connectivity index (χ1) is 26.4. The highest BCUT2D eigenvalue weighted by Gasteiger charge is 2.63. The number of hydrogen-bond donors (Lipinski definition) is 3. The molecule has 9 atom stereocenters. The van der Waals surface area contributed by atoms with Crippen molar-refractivity contribution in [2.24, 2.45) is 34.5 Å². The number of aliphatic hydroxyl groups excluding tert-OH is 2. The maximum Gasteiger partial charge on any atom is 0.407 e. The molecule has 0 saturated heterocycles. The number of nitrogens with zero attached hydrogens (tertiary/aromatic N) is 1. The average molecular weight is 754 g/mol. The summed E-state index contributed by atoms with van der Waals surface area (Å²) in [4.78, 5) is 27.7. The van der Waals surface area contributed by atoms with Crippen molar-refractivity contribution in [1.82, 2.24) is 4.90 Å². The fourth-order valence-electron chi connectivity index (χ4n) is 11.8. The van der Waals surface area contributed by atoms with Gasteiger partial charge in [-0.05, 0) is 128 Å². The third-order valence-corrected chi connectivity index (χ3v) is 14.7. The number of ether oxygens (including phenoxy) is 3. The summed E-state index contributed by atoms with van der Waals surface area (Å²) in [7, 11) is 3.27. The van der Waals surface area contributed by atoms with E-state index in [0.717, 1.165) is 60.3 Å². The minimum atomic E-state index is -1.02. The Morgan fingerprint density at radius 1 is 0.836 bits per heavy atom. The summed E-state index contributed by atoms with van der Waals surface area (Å²) >= 11 is 0. The number of rotatable bonds is 13. The lowest BCUT2D eigenvalue weighted by Gasteiger charge is -2.63. The van der Waals surface area contributed by atoms with Crippen LogP contribution in [0.25, 0.3) is 0 Å². The molecule has 4 aliphatic carbocycles. The number of aliphatic hydroxyl groups is 2. The first-order valence-electron chi connectivity index (χ1n) is 20.3. The van der Waals surface area contributed by atoms with Crippen LogP contribution in [0, 0.1) is 34.5 Å². The maximum atomic E-state index is 13.2. The molecule has 0 spiro atoms. The molecule has 0 radical (unpaired) electrons. The van der Waals surface area contributed by atoms with Crippen LogP contribution in [0.2, 0.25) is 0 Å². The van der Waals surface area contributed by atoms with Crippen molar-refractivity contribution < 1.29 is 39.1 Å². The van der Waals surface area contributed by atoms with Crippen molar-refractivity contribution >= 4 is 11.9 Å². The van der Waals surface area contributed by atoms with Crippen LogP contribution in [-0.2, 0) is 15.1 Å². The van der Waals surface area contributed by atoms with Gasteiger partial charge in [-0.15, -0.1) is 0 Å². The lowest BCUT2D eigenvalue weighted by molar-refractivity contribution is -0.161. The predicted molar refractivity (Wildman–Crippen MR) is 210 cm³/mol. The molecule has 7 rings (SSSR count). The summed E-state index contributed by atoms with van der Waals surface area (Å²) in [6, 6.07) is 25.3. The lowest BCUT2D eigenvalue weighted by atomic mass is 9.44. The van der Waals surface area contributed by atoms with Gasteiger partial charge in [0, 0.05) is 24.4 Å². The molecule has 6 unspecified atom stereocenters. The van der Waals surface area contributed by atoms with Gasteiger partial charge in [-0.2, -0.15) is 0 Å². The number of hydrogen-bond acceptors (Lipinski definition) is 7.